The maximum absolute atomic E-state index is 11.3. The first-order valence-corrected chi connectivity index (χ1v) is 6.81. The van der Waals surface area contributed by atoms with E-state index in [1.54, 1.807) is 27.7 Å². The average molecular weight is 268 g/mol. The minimum atomic E-state index is -3.22. The van der Waals surface area contributed by atoms with E-state index < -0.39 is 13.8 Å². The van der Waals surface area contributed by atoms with Crippen LogP contribution in [0, 0.1) is 0 Å². The highest BCUT2D eigenvalue weighted by molar-refractivity contribution is 7.48. The van der Waals surface area contributed by atoms with Crippen LogP contribution in [0.3, 0.4) is 0 Å². The number of carboxylic acid groups (broad SMARTS) is 1. The van der Waals surface area contributed by atoms with Gasteiger partial charge >= 0.3 is 13.8 Å². The van der Waals surface area contributed by atoms with Gasteiger partial charge in [0.05, 0.1) is 19.8 Å². The van der Waals surface area contributed by atoms with Gasteiger partial charge in [-0.15, -0.1) is 0 Å². The summed E-state index contributed by atoms with van der Waals surface area (Å²) in [5.41, 5.74) is 0. The summed E-state index contributed by atoms with van der Waals surface area (Å²) in [5, 5.41) is 7.83. The molecule has 0 saturated heterocycles. The van der Waals surface area contributed by atoms with Crippen molar-refractivity contribution in [1.29, 1.82) is 0 Å². The monoisotopic (exact) mass is 268 g/mol. The molecular weight excluding hydrogens is 247 g/mol. The van der Waals surface area contributed by atoms with Crippen LogP contribution in [-0.2, 0) is 22.9 Å². The van der Waals surface area contributed by atoms with E-state index in [9.17, 15) is 9.36 Å². The highest BCUT2D eigenvalue weighted by atomic mass is 31.2. The normalized spacial score (nSPS) is 11.1. The summed E-state index contributed by atoms with van der Waals surface area (Å²) in [6.07, 6.45) is 2.56. The van der Waals surface area contributed by atoms with Crippen molar-refractivity contribution in [3.8, 4) is 0 Å². The first-order valence-electron chi connectivity index (χ1n) is 5.34. The molecule has 0 aromatic rings. The van der Waals surface area contributed by atoms with E-state index in [0.717, 1.165) is 6.08 Å². The Morgan fingerprint density at radius 3 is 1.59 bits per heavy atom. The fraction of sp³-hybridized carbons (Fsp3) is 0.700. The number of hydrogen-bond acceptors (Lipinski definition) is 5. The summed E-state index contributed by atoms with van der Waals surface area (Å²) >= 11 is 0. The van der Waals surface area contributed by atoms with Gasteiger partial charge in [0.1, 0.15) is 0 Å². The summed E-state index contributed by atoms with van der Waals surface area (Å²) in [6.45, 7) is 7.88. The van der Waals surface area contributed by atoms with Crippen molar-refractivity contribution in [1.82, 2.24) is 0 Å². The number of rotatable bonds is 7. The molecule has 102 valence electrons. The first-order chi connectivity index (χ1) is 7.95. The van der Waals surface area contributed by atoms with Crippen LogP contribution in [0.1, 0.15) is 27.7 Å². The lowest BCUT2D eigenvalue weighted by molar-refractivity contribution is -0.131. The van der Waals surface area contributed by atoms with E-state index in [2.05, 4.69) is 0 Å². The van der Waals surface area contributed by atoms with E-state index in [1.165, 1.54) is 6.08 Å². The van der Waals surface area contributed by atoms with Gasteiger partial charge in [-0.25, -0.2) is 9.36 Å². The Hall–Kier alpha value is -0.680. The highest BCUT2D eigenvalue weighted by Crippen LogP contribution is 2.48. The zero-order chi connectivity index (χ0) is 13.7. The molecule has 7 heteroatoms. The molecule has 1 N–H and O–H groups in total. The molecule has 0 fully saturated rings. The molecule has 0 spiro atoms. The van der Waals surface area contributed by atoms with Crippen LogP contribution in [0.2, 0.25) is 0 Å². The summed E-state index contributed by atoms with van der Waals surface area (Å²) < 4.78 is 25.8. The Labute approximate surface area is 102 Å². The third kappa shape index (κ3) is 13.3. The molecule has 17 heavy (non-hydrogen) atoms. The fourth-order valence-electron chi connectivity index (χ4n) is 0.729. The van der Waals surface area contributed by atoms with Gasteiger partial charge in [0, 0.05) is 6.08 Å². The zero-order valence-electron chi connectivity index (χ0n) is 10.7. The molecule has 0 aliphatic carbocycles. The molecular formula is C10H21O6P. The van der Waals surface area contributed by atoms with Gasteiger partial charge in [-0.05, 0) is 27.7 Å². The Bertz CT molecular complexity index is 240. The number of phosphoric acid groups is 1. The Balaban J connectivity index is 0. The van der Waals surface area contributed by atoms with Crippen molar-refractivity contribution in [2.75, 3.05) is 19.8 Å². The minimum Gasteiger partial charge on any atom is -0.478 e. The zero-order valence-corrected chi connectivity index (χ0v) is 11.6. The van der Waals surface area contributed by atoms with Crippen LogP contribution in [0.25, 0.3) is 0 Å². The second-order valence-electron chi connectivity index (χ2n) is 2.54. The van der Waals surface area contributed by atoms with Crippen LogP contribution in [0.15, 0.2) is 12.2 Å². The number of allylic oxidation sites excluding steroid dienone is 1. The second-order valence-corrected chi connectivity index (χ2v) is 4.21. The molecule has 0 aromatic heterocycles. The lowest BCUT2D eigenvalue weighted by Gasteiger charge is -2.14. The standard InChI is InChI=1S/C6H15O4P.C4H6O2/c1-4-8-11(7,9-5-2)10-6-3;1-2-3-4(5)6/h4-6H2,1-3H3;2-3H,1H3,(H,5,6). The van der Waals surface area contributed by atoms with Crippen molar-refractivity contribution in [2.45, 2.75) is 27.7 Å². The summed E-state index contributed by atoms with van der Waals surface area (Å²) in [7, 11) is -3.22. The predicted molar refractivity (Wildman–Crippen MR) is 64.9 cm³/mol. The van der Waals surface area contributed by atoms with Gasteiger partial charge in [-0.3, -0.25) is 13.6 Å². The average Bonchev–Trinajstić information content (AvgIpc) is 2.19. The van der Waals surface area contributed by atoms with Gasteiger partial charge in [0.2, 0.25) is 0 Å². The van der Waals surface area contributed by atoms with Crippen LogP contribution in [-0.4, -0.2) is 30.9 Å². The first kappa shape index (κ1) is 18.7. The van der Waals surface area contributed by atoms with Gasteiger partial charge in [0.15, 0.2) is 0 Å². The predicted octanol–water partition coefficient (Wildman–Crippen LogP) is 2.85. The third-order valence-corrected chi connectivity index (χ3v) is 2.89. The van der Waals surface area contributed by atoms with E-state index >= 15 is 0 Å². The van der Waals surface area contributed by atoms with E-state index in [-0.39, 0.29) is 0 Å². The Morgan fingerprint density at radius 1 is 1.12 bits per heavy atom. The summed E-state index contributed by atoms with van der Waals surface area (Å²) in [5.74, 6) is -0.891. The fourth-order valence-corrected chi connectivity index (χ4v) is 1.90. The minimum absolute atomic E-state index is 0.331. The SMILES string of the molecule is CC=CC(=O)O.CCOP(=O)(OCC)OCC. The van der Waals surface area contributed by atoms with Crippen molar-refractivity contribution < 1.29 is 28.0 Å². The van der Waals surface area contributed by atoms with E-state index in [4.69, 9.17) is 18.7 Å². The summed E-state index contributed by atoms with van der Waals surface area (Å²) in [6, 6.07) is 0. The maximum atomic E-state index is 11.3. The van der Waals surface area contributed by atoms with Crippen LogP contribution in [0.5, 0.6) is 0 Å². The topological polar surface area (TPSA) is 82.1 Å². The van der Waals surface area contributed by atoms with Crippen LogP contribution < -0.4 is 0 Å². The van der Waals surface area contributed by atoms with Crippen LogP contribution in [0.4, 0.5) is 0 Å². The smallest absolute Gasteiger partial charge is 0.474 e. The number of phosphoric ester groups is 1. The molecule has 0 radical (unpaired) electrons. The molecule has 0 aliphatic heterocycles. The lowest BCUT2D eigenvalue weighted by atomic mass is 10.5. The Morgan fingerprint density at radius 2 is 1.47 bits per heavy atom. The van der Waals surface area contributed by atoms with Crippen molar-refractivity contribution >= 4 is 13.8 Å². The highest BCUT2D eigenvalue weighted by Gasteiger charge is 2.23. The molecule has 0 bridgehead atoms. The quantitative estimate of drug-likeness (QED) is 0.564. The number of carboxylic acids is 1. The van der Waals surface area contributed by atoms with Crippen molar-refractivity contribution in [2.24, 2.45) is 0 Å². The second kappa shape index (κ2) is 11.8. The van der Waals surface area contributed by atoms with Crippen molar-refractivity contribution in [3.63, 3.8) is 0 Å². The van der Waals surface area contributed by atoms with E-state index in [1.807, 2.05) is 0 Å². The van der Waals surface area contributed by atoms with Gasteiger partial charge in [-0.1, -0.05) is 6.08 Å². The molecule has 0 heterocycles. The largest absolute Gasteiger partial charge is 0.478 e. The number of aliphatic carboxylic acids is 1. The maximum Gasteiger partial charge on any atom is 0.474 e. The number of hydrogen-bond donors (Lipinski definition) is 1. The van der Waals surface area contributed by atoms with E-state index in [0.29, 0.717) is 19.8 Å². The molecule has 6 nitrogen and oxygen atoms in total. The third-order valence-electron chi connectivity index (χ3n) is 1.17. The molecule has 0 aliphatic rings. The molecule has 0 amide bonds. The van der Waals surface area contributed by atoms with Gasteiger partial charge in [0.25, 0.3) is 0 Å². The molecule has 0 atom stereocenters. The molecule has 0 unspecified atom stereocenters. The van der Waals surface area contributed by atoms with Crippen LogP contribution >= 0.6 is 7.82 Å². The lowest BCUT2D eigenvalue weighted by Crippen LogP contribution is -1.99. The number of carbonyl (C=O) groups is 1. The molecule has 0 saturated carbocycles. The van der Waals surface area contributed by atoms with Gasteiger partial charge < -0.3 is 5.11 Å². The summed E-state index contributed by atoms with van der Waals surface area (Å²) in [4.78, 5) is 9.51. The molecule has 0 aromatic carbocycles. The van der Waals surface area contributed by atoms with Gasteiger partial charge in [-0.2, -0.15) is 0 Å². The molecule has 0 rings (SSSR count). The Kier molecular flexibility index (Phi) is 13.0. The van der Waals surface area contributed by atoms with Crippen molar-refractivity contribution in [3.05, 3.63) is 12.2 Å².